The van der Waals surface area contributed by atoms with Gasteiger partial charge in [-0.05, 0) is 44.1 Å². The van der Waals surface area contributed by atoms with Crippen molar-refractivity contribution < 1.29 is 4.79 Å². The Morgan fingerprint density at radius 1 is 1.37 bits per heavy atom. The first-order chi connectivity index (χ1) is 9.20. The lowest BCUT2D eigenvalue weighted by Crippen LogP contribution is -2.44. The first-order valence-corrected chi connectivity index (χ1v) is 7.29. The van der Waals surface area contributed by atoms with Crippen LogP contribution in [0.5, 0.6) is 0 Å². The van der Waals surface area contributed by atoms with E-state index in [0.717, 1.165) is 31.8 Å². The van der Waals surface area contributed by atoms with Crippen molar-refractivity contribution in [1.29, 1.82) is 0 Å². The minimum absolute atomic E-state index is 0.116. The second-order valence-electron chi connectivity index (χ2n) is 5.45. The van der Waals surface area contributed by atoms with Crippen molar-refractivity contribution in [1.82, 2.24) is 4.90 Å². The molecule has 1 saturated carbocycles. The second kappa shape index (κ2) is 6.71. The van der Waals surface area contributed by atoms with Crippen molar-refractivity contribution in [2.24, 2.45) is 11.7 Å². The highest BCUT2D eigenvalue weighted by Gasteiger charge is 2.27. The summed E-state index contributed by atoms with van der Waals surface area (Å²) in [7, 11) is 0. The molecule has 0 aromatic heterocycles. The third-order valence-electron chi connectivity index (χ3n) is 3.77. The molecule has 0 radical (unpaired) electrons. The molecule has 1 aliphatic rings. The van der Waals surface area contributed by atoms with Crippen LogP contribution in [0.1, 0.15) is 31.7 Å². The molecule has 1 aromatic rings. The Hall–Kier alpha value is -1.35. The van der Waals surface area contributed by atoms with E-state index in [0.29, 0.717) is 0 Å². The van der Waals surface area contributed by atoms with Gasteiger partial charge in [-0.25, -0.2) is 0 Å². The molecule has 2 N–H and O–H groups in total. The molecule has 3 nitrogen and oxygen atoms in total. The minimum atomic E-state index is -0.362. The maximum absolute atomic E-state index is 12.3. The lowest BCUT2D eigenvalue weighted by atomic mass is 10.0. The van der Waals surface area contributed by atoms with Crippen LogP contribution in [0.25, 0.3) is 0 Å². The van der Waals surface area contributed by atoms with E-state index in [1.807, 2.05) is 30.0 Å². The van der Waals surface area contributed by atoms with E-state index in [9.17, 15) is 4.79 Å². The Bertz CT molecular complexity index is 400. The number of hydrogen-bond acceptors (Lipinski definition) is 2. The van der Waals surface area contributed by atoms with Crippen molar-refractivity contribution in [3.8, 4) is 0 Å². The summed E-state index contributed by atoms with van der Waals surface area (Å²) in [6.45, 7) is 3.70. The normalized spacial score (nSPS) is 16.1. The van der Waals surface area contributed by atoms with Gasteiger partial charge >= 0.3 is 0 Å². The van der Waals surface area contributed by atoms with E-state index in [1.165, 1.54) is 18.4 Å². The Balaban J connectivity index is 1.80. The summed E-state index contributed by atoms with van der Waals surface area (Å²) in [6.07, 6.45) is 4.13. The van der Waals surface area contributed by atoms with Crippen LogP contribution >= 0.6 is 0 Å². The Kier molecular flexibility index (Phi) is 4.97. The summed E-state index contributed by atoms with van der Waals surface area (Å²) in [5, 5.41) is 0. The zero-order valence-corrected chi connectivity index (χ0v) is 11.7. The van der Waals surface area contributed by atoms with Gasteiger partial charge in [-0.1, -0.05) is 30.3 Å². The van der Waals surface area contributed by atoms with Crippen LogP contribution in [0, 0.1) is 5.92 Å². The van der Waals surface area contributed by atoms with E-state index in [-0.39, 0.29) is 11.9 Å². The number of hydrogen-bond donors (Lipinski definition) is 1. The largest absolute Gasteiger partial charge is 0.341 e. The third kappa shape index (κ3) is 4.35. The van der Waals surface area contributed by atoms with Crippen molar-refractivity contribution in [2.45, 2.75) is 38.6 Å². The quantitative estimate of drug-likeness (QED) is 0.817. The zero-order valence-electron chi connectivity index (χ0n) is 11.7. The molecule has 0 aliphatic heterocycles. The molecule has 1 atom stereocenters. The van der Waals surface area contributed by atoms with Crippen molar-refractivity contribution in [3.05, 3.63) is 35.9 Å². The number of amides is 1. The average molecular weight is 260 g/mol. The molecule has 1 aromatic carbocycles. The highest BCUT2D eigenvalue weighted by Crippen LogP contribution is 2.29. The van der Waals surface area contributed by atoms with Gasteiger partial charge in [0.05, 0.1) is 6.04 Å². The molecular weight excluding hydrogens is 236 g/mol. The molecule has 0 saturated heterocycles. The highest BCUT2D eigenvalue weighted by atomic mass is 16.2. The van der Waals surface area contributed by atoms with E-state index < -0.39 is 0 Å². The van der Waals surface area contributed by atoms with Gasteiger partial charge < -0.3 is 10.6 Å². The summed E-state index contributed by atoms with van der Waals surface area (Å²) in [5.41, 5.74) is 7.29. The van der Waals surface area contributed by atoms with E-state index in [1.54, 1.807) is 0 Å². The first-order valence-electron chi connectivity index (χ1n) is 7.29. The number of carbonyl (C=O) groups excluding carboxylic acids is 1. The molecule has 2 rings (SSSR count). The molecule has 1 unspecified atom stereocenters. The van der Waals surface area contributed by atoms with Gasteiger partial charge in [0.1, 0.15) is 0 Å². The van der Waals surface area contributed by atoms with Crippen LogP contribution in [0.4, 0.5) is 0 Å². The van der Waals surface area contributed by atoms with Crippen molar-refractivity contribution >= 4 is 5.91 Å². The maximum Gasteiger partial charge on any atom is 0.239 e. The first kappa shape index (κ1) is 14.1. The standard InChI is InChI=1S/C16H24N2O/c1-2-18(12-14-8-9-14)16(19)15(17)11-10-13-6-4-3-5-7-13/h3-7,14-15H,2,8-12,17H2,1H3. The summed E-state index contributed by atoms with van der Waals surface area (Å²) in [6, 6.07) is 9.85. The average Bonchev–Trinajstić information content (AvgIpc) is 3.26. The Morgan fingerprint density at radius 2 is 2.05 bits per heavy atom. The molecule has 0 spiro atoms. The van der Waals surface area contributed by atoms with Gasteiger partial charge in [-0.15, -0.1) is 0 Å². The fourth-order valence-corrected chi connectivity index (χ4v) is 2.31. The van der Waals surface area contributed by atoms with E-state index in [4.69, 9.17) is 5.73 Å². The van der Waals surface area contributed by atoms with Crippen molar-refractivity contribution in [3.63, 3.8) is 0 Å². The van der Waals surface area contributed by atoms with Gasteiger partial charge in [0.15, 0.2) is 0 Å². The number of carbonyl (C=O) groups is 1. The second-order valence-corrected chi connectivity index (χ2v) is 5.45. The molecule has 1 fully saturated rings. The molecule has 104 valence electrons. The maximum atomic E-state index is 12.3. The number of aryl methyl sites for hydroxylation is 1. The third-order valence-corrected chi connectivity index (χ3v) is 3.77. The fraction of sp³-hybridized carbons (Fsp3) is 0.562. The lowest BCUT2D eigenvalue weighted by molar-refractivity contribution is -0.132. The summed E-state index contributed by atoms with van der Waals surface area (Å²) in [5.74, 6) is 0.843. The number of nitrogens with two attached hydrogens (primary N) is 1. The van der Waals surface area contributed by atoms with Gasteiger partial charge in [-0.2, -0.15) is 0 Å². The van der Waals surface area contributed by atoms with Crippen LogP contribution < -0.4 is 5.73 Å². The van der Waals surface area contributed by atoms with Crippen LogP contribution in [-0.4, -0.2) is 29.9 Å². The lowest BCUT2D eigenvalue weighted by Gasteiger charge is -2.24. The van der Waals surface area contributed by atoms with Gasteiger partial charge in [0.25, 0.3) is 0 Å². The molecule has 0 bridgehead atoms. The highest BCUT2D eigenvalue weighted by molar-refractivity contribution is 5.81. The predicted molar refractivity (Wildman–Crippen MR) is 77.7 cm³/mol. The smallest absolute Gasteiger partial charge is 0.239 e. The molecule has 19 heavy (non-hydrogen) atoms. The van der Waals surface area contributed by atoms with E-state index in [2.05, 4.69) is 12.1 Å². The number of rotatable bonds is 7. The Morgan fingerprint density at radius 3 is 2.63 bits per heavy atom. The summed E-state index contributed by atoms with van der Waals surface area (Å²) < 4.78 is 0. The zero-order chi connectivity index (χ0) is 13.7. The van der Waals surface area contributed by atoms with Gasteiger partial charge in [0, 0.05) is 13.1 Å². The number of likely N-dealkylation sites (N-methyl/N-ethyl adjacent to an activating group) is 1. The summed E-state index contributed by atoms with van der Waals surface area (Å²) in [4.78, 5) is 14.2. The SMILES string of the molecule is CCN(CC1CC1)C(=O)C(N)CCc1ccccc1. The number of nitrogens with zero attached hydrogens (tertiary/aromatic N) is 1. The molecular formula is C16H24N2O. The fourth-order valence-electron chi connectivity index (χ4n) is 2.31. The Labute approximate surface area is 115 Å². The predicted octanol–water partition coefficient (Wildman–Crippen LogP) is 2.21. The monoisotopic (exact) mass is 260 g/mol. The van der Waals surface area contributed by atoms with Crippen LogP contribution in [0.2, 0.25) is 0 Å². The molecule has 1 aliphatic carbocycles. The van der Waals surface area contributed by atoms with Crippen LogP contribution in [-0.2, 0) is 11.2 Å². The molecule has 0 heterocycles. The van der Waals surface area contributed by atoms with E-state index >= 15 is 0 Å². The summed E-state index contributed by atoms with van der Waals surface area (Å²) >= 11 is 0. The number of benzene rings is 1. The molecule has 1 amide bonds. The van der Waals surface area contributed by atoms with Crippen molar-refractivity contribution in [2.75, 3.05) is 13.1 Å². The van der Waals surface area contributed by atoms with Crippen LogP contribution in [0.3, 0.4) is 0 Å². The molecule has 3 heteroatoms. The minimum Gasteiger partial charge on any atom is -0.341 e. The van der Waals surface area contributed by atoms with Crippen LogP contribution in [0.15, 0.2) is 30.3 Å². The van der Waals surface area contributed by atoms with Gasteiger partial charge in [-0.3, -0.25) is 4.79 Å². The van der Waals surface area contributed by atoms with Gasteiger partial charge in [0.2, 0.25) is 5.91 Å². The topological polar surface area (TPSA) is 46.3 Å².